The monoisotopic (exact) mass is 413 g/mol. The molecule has 0 aliphatic carbocycles. The molecule has 0 fully saturated rings. The maximum atomic E-state index is 12.7. The van der Waals surface area contributed by atoms with E-state index in [0.29, 0.717) is 25.5 Å². The lowest BCUT2D eigenvalue weighted by Crippen LogP contribution is -2.27. The minimum Gasteiger partial charge on any atom is -0.486 e. The maximum Gasteiger partial charge on any atom is 0.227 e. The van der Waals surface area contributed by atoms with Crippen molar-refractivity contribution in [3.8, 4) is 22.9 Å². The van der Waals surface area contributed by atoms with Crippen LogP contribution in [0.25, 0.3) is 22.4 Å². The molecule has 6 heteroatoms. The van der Waals surface area contributed by atoms with E-state index >= 15 is 0 Å². The van der Waals surface area contributed by atoms with Gasteiger partial charge in [0.15, 0.2) is 11.5 Å². The molecule has 1 amide bonds. The number of ether oxygens (including phenoxy) is 2. The maximum absolute atomic E-state index is 12.7. The van der Waals surface area contributed by atoms with Crippen LogP contribution in [0.3, 0.4) is 0 Å². The Morgan fingerprint density at radius 1 is 1.03 bits per heavy atom. The number of aromatic amines is 1. The van der Waals surface area contributed by atoms with Gasteiger partial charge in [-0.05, 0) is 42.3 Å². The molecule has 0 radical (unpaired) electrons. The molecule has 0 saturated heterocycles. The lowest BCUT2D eigenvalue weighted by Gasteiger charge is -2.20. The number of aromatic nitrogens is 2. The van der Waals surface area contributed by atoms with Crippen molar-refractivity contribution in [1.82, 2.24) is 15.3 Å². The lowest BCUT2D eigenvalue weighted by atomic mass is 9.99. The van der Waals surface area contributed by atoms with Crippen molar-refractivity contribution in [3.63, 3.8) is 0 Å². The summed E-state index contributed by atoms with van der Waals surface area (Å²) in [4.78, 5) is 20.6. The molecule has 4 aromatic rings. The molecule has 1 aliphatic heterocycles. The molecule has 0 spiro atoms. The highest BCUT2D eigenvalue weighted by Gasteiger charge is 2.19. The molecule has 5 rings (SSSR count). The Kier molecular flexibility index (Phi) is 5.04. The number of amides is 1. The van der Waals surface area contributed by atoms with Crippen LogP contribution in [-0.2, 0) is 11.3 Å². The van der Waals surface area contributed by atoms with Gasteiger partial charge in [-0.2, -0.15) is 0 Å². The smallest absolute Gasteiger partial charge is 0.227 e. The van der Waals surface area contributed by atoms with Gasteiger partial charge < -0.3 is 19.8 Å². The van der Waals surface area contributed by atoms with E-state index in [9.17, 15) is 4.79 Å². The normalized spacial score (nSPS) is 13.7. The molecule has 0 bridgehead atoms. The molecule has 2 heterocycles. The number of fused-ring (bicyclic) bond motifs is 2. The van der Waals surface area contributed by atoms with Gasteiger partial charge in [0, 0.05) is 12.1 Å². The molecule has 156 valence electrons. The predicted octanol–water partition coefficient (Wildman–Crippen LogP) is 4.42. The summed E-state index contributed by atoms with van der Waals surface area (Å²) in [7, 11) is 0. The third kappa shape index (κ3) is 3.97. The zero-order chi connectivity index (χ0) is 21.2. The summed E-state index contributed by atoms with van der Waals surface area (Å²) >= 11 is 0. The Balaban J connectivity index is 1.23. The van der Waals surface area contributed by atoms with E-state index in [1.165, 1.54) is 0 Å². The second-order valence-electron chi connectivity index (χ2n) is 7.64. The Hall–Kier alpha value is -3.80. The van der Waals surface area contributed by atoms with Gasteiger partial charge in [-0.1, -0.05) is 42.5 Å². The number of nitrogens with one attached hydrogen (secondary N) is 2. The molecule has 1 unspecified atom stereocenters. The van der Waals surface area contributed by atoms with Crippen molar-refractivity contribution in [3.05, 3.63) is 77.9 Å². The van der Waals surface area contributed by atoms with Crippen molar-refractivity contribution in [2.24, 2.45) is 0 Å². The average Bonchev–Trinajstić information content (AvgIpc) is 3.26. The molecule has 2 N–H and O–H groups in total. The van der Waals surface area contributed by atoms with Gasteiger partial charge in [-0.15, -0.1) is 0 Å². The molecular weight excluding hydrogens is 390 g/mol. The highest BCUT2D eigenvalue weighted by molar-refractivity contribution is 5.83. The average molecular weight is 413 g/mol. The summed E-state index contributed by atoms with van der Waals surface area (Å²) in [5.74, 6) is 1.95. The third-order valence-electron chi connectivity index (χ3n) is 5.54. The lowest BCUT2D eigenvalue weighted by molar-refractivity contribution is -0.122. The molecule has 0 saturated carbocycles. The fraction of sp³-hybridized carbons (Fsp3) is 0.200. The molecule has 31 heavy (non-hydrogen) atoms. The minimum absolute atomic E-state index is 0.0296. The van der Waals surface area contributed by atoms with Crippen LogP contribution in [-0.4, -0.2) is 29.1 Å². The van der Waals surface area contributed by atoms with Crippen LogP contribution in [0, 0.1) is 0 Å². The Morgan fingerprint density at radius 2 is 1.81 bits per heavy atom. The second-order valence-corrected chi connectivity index (χ2v) is 7.64. The first-order chi connectivity index (χ1) is 15.2. The van der Waals surface area contributed by atoms with Crippen LogP contribution in [0.4, 0.5) is 0 Å². The number of nitrogens with zero attached hydrogens (tertiary/aromatic N) is 1. The Morgan fingerprint density at radius 3 is 2.61 bits per heavy atom. The summed E-state index contributed by atoms with van der Waals surface area (Å²) in [5, 5.41) is 3.02. The van der Waals surface area contributed by atoms with Gasteiger partial charge in [0.25, 0.3) is 0 Å². The van der Waals surface area contributed by atoms with Crippen LogP contribution < -0.4 is 14.8 Å². The quantitative estimate of drug-likeness (QED) is 0.508. The minimum atomic E-state index is -0.286. The van der Waals surface area contributed by atoms with Crippen LogP contribution in [0.1, 0.15) is 24.0 Å². The van der Waals surface area contributed by atoms with Crippen LogP contribution in [0.5, 0.6) is 11.5 Å². The highest BCUT2D eigenvalue weighted by atomic mass is 16.6. The fourth-order valence-corrected chi connectivity index (χ4v) is 3.69. The summed E-state index contributed by atoms with van der Waals surface area (Å²) in [5.41, 5.74) is 4.91. The van der Waals surface area contributed by atoms with Gasteiger partial charge in [0.1, 0.15) is 19.0 Å². The van der Waals surface area contributed by atoms with E-state index in [1.54, 1.807) is 0 Å². The van der Waals surface area contributed by atoms with Gasteiger partial charge >= 0.3 is 0 Å². The standard InChI is InChI=1S/C25H23N3O3/c1-16(19-10-11-22-23(14-19)31-13-12-30-22)25(29)26-15-17-6-8-18(9-7-17)24-27-20-4-2-3-5-21(20)28-24/h2-11,14,16H,12-13,15H2,1H3,(H,26,29)(H,27,28). The SMILES string of the molecule is CC(C(=O)NCc1ccc(-c2nc3ccccc3[nH]2)cc1)c1ccc2c(c1)OCCO2. The van der Waals surface area contributed by atoms with Crippen molar-refractivity contribution >= 4 is 16.9 Å². The summed E-state index contributed by atoms with van der Waals surface area (Å²) in [6.45, 7) is 3.44. The first-order valence-corrected chi connectivity index (χ1v) is 10.4. The number of carbonyl (C=O) groups is 1. The van der Waals surface area contributed by atoms with E-state index in [2.05, 4.69) is 15.3 Å². The van der Waals surface area contributed by atoms with E-state index in [4.69, 9.17) is 9.47 Å². The number of H-pyrrole nitrogens is 1. The molecule has 1 atom stereocenters. The topological polar surface area (TPSA) is 76.2 Å². The zero-order valence-corrected chi connectivity index (χ0v) is 17.2. The van der Waals surface area contributed by atoms with Crippen LogP contribution in [0.15, 0.2) is 66.7 Å². The second kappa shape index (κ2) is 8.14. The predicted molar refractivity (Wildman–Crippen MR) is 119 cm³/mol. The number of para-hydroxylation sites is 2. The van der Waals surface area contributed by atoms with Crippen molar-refractivity contribution in [2.45, 2.75) is 19.4 Å². The molecule has 3 aromatic carbocycles. The van der Waals surface area contributed by atoms with Gasteiger partial charge in [0.05, 0.1) is 17.0 Å². The Labute approximate surface area is 180 Å². The van der Waals surface area contributed by atoms with Crippen LogP contribution >= 0.6 is 0 Å². The molecule has 1 aliphatic rings. The van der Waals surface area contributed by atoms with Gasteiger partial charge in [-0.25, -0.2) is 4.98 Å². The fourth-order valence-electron chi connectivity index (χ4n) is 3.69. The number of rotatable bonds is 5. The molecular formula is C25H23N3O3. The Bertz CT molecular complexity index is 1200. The van der Waals surface area contributed by atoms with Gasteiger partial charge in [0.2, 0.25) is 5.91 Å². The van der Waals surface area contributed by atoms with E-state index in [0.717, 1.165) is 39.3 Å². The van der Waals surface area contributed by atoms with E-state index < -0.39 is 0 Å². The van der Waals surface area contributed by atoms with Crippen molar-refractivity contribution in [1.29, 1.82) is 0 Å². The number of benzene rings is 3. The first-order valence-electron chi connectivity index (χ1n) is 10.4. The highest BCUT2D eigenvalue weighted by Crippen LogP contribution is 2.33. The summed E-state index contributed by atoms with van der Waals surface area (Å²) in [6, 6.07) is 21.7. The van der Waals surface area contributed by atoms with E-state index in [1.807, 2.05) is 73.7 Å². The van der Waals surface area contributed by atoms with E-state index in [-0.39, 0.29) is 11.8 Å². The molecule has 1 aromatic heterocycles. The number of hydrogen-bond donors (Lipinski definition) is 2. The van der Waals surface area contributed by atoms with Crippen LogP contribution in [0.2, 0.25) is 0 Å². The van der Waals surface area contributed by atoms with Crippen molar-refractivity contribution in [2.75, 3.05) is 13.2 Å². The number of carbonyl (C=O) groups excluding carboxylic acids is 1. The van der Waals surface area contributed by atoms with Gasteiger partial charge in [-0.3, -0.25) is 4.79 Å². The summed E-state index contributed by atoms with van der Waals surface area (Å²) in [6.07, 6.45) is 0. The molecule has 6 nitrogen and oxygen atoms in total. The zero-order valence-electron chi connectivity index (χ0n) is 17.2. The summed E-state index contributed by atoms with van der Waals surface area (Å²) < 4.78 is 11.2. The number of imidazole rings is 1. The first kappa shape index (κ1) is 19.2. The largest absolute Gasteiger partial charge is 0.486 e. The third-order valence-corrected chi connectivity index (χ3v) is 5.54. The van der Waals surface area contributed by atoms with Crippen molar-refractivity contribution < 1.29 is 14.3 Å². The number of hydrogen-bond acceptors (Lipinski definition) is 4.